The topological polar surface area (TPSA) is 113 Å². The van der Waals surface area contributed by atoms with Crippen molar-refractivity contribution >= 4 is 51.5 Å². The number of urea groups is 1. The van der Waals surface area contributed by atoms with Crippen LogP contribution in [-0.2, 0) is 14.4 Å². The number of ether oxygens (including phenoxy) is 1. The molecule has 0 aliphatic carbocycles. The molecule has 1 fully saturated rings. The summed E-state index contributed by atoms with van der Waals surface area (Å²) >= 11 is 3.25. The molecule has 0 bridgehead atoms. The number of anilines is 1. The van der Waals surface area contributed by atoms with E-state index in [1.54, 1.807) is 42.5 Å². The predicted molar refractivity (Wildman–Crippen MR) is 103 cm³/mol. The molecule has 0 saturated carbocycles. The molecule has 0 unspecified atom stereocenters. The highest BCUT2D eigenvalue weighted by Crippen LogP contribution is 2.28. The number of carboxylic acids is 1. The van der Waals surface area contributed by atoms with Gasteiger partial charge >= 0.3 is 12.0 Å². The zero-order chi connectivity index (χ0) is 20.3. The summed E-state index contributed by atoms with van der Waals surface area (Å²) in [5.41, 5.74) is 0.604. The third kappa shape index (κ3) is 4.09. The third-order valence-corrected chi connectivity index (χ3v) is 4.35. The molecule has 2 N–H and O–H groups in total. The summed E-state index contributed by atoms with van der Waals surface area (Å²) in [4.78, 5) is 48.5. The fraction of sp³-hybridized carbons (Fsp3) is 0.0526. The lowest BCUT2D eigenvalue weighted by molar-refractivity contribution is -0.139. The highest BCUT2D eigenvalue weighted by molar-refractivity contribution is 9.10. The molecule has 2 aromatic rings. The van der Waals surface area contributed by atoms with Gasteiger partial charge < -0.3 is 9.84 Å². The molecule has 2 aromatic carbocycles. The number of benzene rings is 2. The quantitative estimate of drug-likeness (QED) is 0.541. The summed E-state index contributed by atoms with van der Waals surface area (Å²) in [5.74, 6) is -2.37. The van der Waals surface area contributed by atoms with E-state index in [9.17, 15) is 19.2 Å². The molecule has 3 rings (SSSR count). The molecule has 1 heterocycles. The van der Waals surface area contributed by atoms with Crippen LogP contribution < -0.4 is 15.0 Å². The van der Waals surface area contributed by atoms with E-state index in [2.05, 4.69) is 21.2 Å². The van der Waals surface area contributed by atoms with Crippen molar-refractivity contribution in [3.63, 3.8) is 0 Å². The number of carbonyl (C=O) groups excluding carboxylic acids is 3. The number of rotatable bonds is 5. The van der Waals surface area contributed by atoms with Gasteiger partial charge in [-0.25, -0.2) is 14.5 Å². The van der Waals surface area contributed by atoms with E-state index in [1.807, 2.05) is 0 Å². The van der Waals surface area contributed by atoms with Gasteiger partial charge in [-0.3, -0.25) is 14.9 Å². The number of barbiturate groups is 1. The fourth-order valence-electron chi connectivity index (χ4n) is 2.50. The van der Waals surface area contributed by atoms with E-state index in [0.717, 1.165) is 4.90 Å². The lowest BCUT2D eigenvalue weighted by Crippen LogP contribution is -2.54. The average molecular weight is 445 g/mol. The van der Waals surface area contributed by atoms with Crippen molar-refractivity contribution in [2.45, 2.75) is 0 Å². The Morgan fingerprint density at radius 1 is 1.14 bits per heavy atom. The van der Waals surface area contributed by atoms with Crippen LogP contribution in [0.2, 0.25) is 0 Å². The van der Waals surface area contributed by atoms with Crippen LogP contribution in [0.3, 0.4) is 0 Å². The number of nitrogens with zero attached hydrogens (tertiary/aromatic N) is 1. The number of hydrogen-bond acceptors (Lipinski definition) is 5. The molecule has 0 aromatic heterocycles. The highest BCUT2D eigenvalue weighted by Gasteiger charge is 2.36. The van der Waals surface area contributed by atoms with Gasteiger partial charge in [0.05, 0.1) is 10.2 Å². The molecule has 1 aliphatic rings. The van der Waals surface area contributed by atoms with Crippen LogP contribution in [0, 0.1) is 0 Å². The highest BCUT2D eigenvalue weighted by atomic mass is 79.9. The minimum atomic E-state index is -1.12. The van der Waals surface area contributed by atoms with Crippen molar-refractivity contribution in [2.24, 2.45) is 0 Å². The van der Waals surface area contributed by atoms with E-state index in [0.29, 0.717) is 21.5 Å². The van der Waals surface area contributed by atoms with Crippen molar-refractivity contribution in [3.8, 4) is 5.75 Å². The maximum absolute atomic E-state index is 12.8. The largest absolute Gasteiger partial charge is 0.481 e. The van der Waals surface area contributed by atoms with Gasteiger partial charge in [0, 0.05) is 0 Å². The summed E-state index contributed by atoms with van der Waals surface area (Å²) in [5, 5.41) is 10.8. The van der Waals surface area contributed by atoms with Gasteiger partial charge in [0.25, 0.3) is 11.8 Å². The Labute approximate surface area is 167 Å². The number of carbonyl (C=O) groups is 4. The number of para-hydroxylation sites is 1. The molecule has 0 spiro atoms. The number of nitrogens with one attached hydrogen (secondary N) is 1. The molecule has 8 nitrogen and oxygen atoms in total. The Bertz CT molecular complexity index is 1000. The predicted octanol–water partition coefficient (Wildman–Crippen LogP) is 2.58. The Kier molecular flexibility index (Phi) is 5.55. The van der Waals surface area contributed by atoms with Crippen LogP contribution >= 0.6 is 15.9 Å². The van der Waals surface area contributed by atoms with E-state index in [1.165, 1.54) is 12.1 Å². The van der Waals surface area contributed by atoms with Crippen molar-refractivity contribution < 1.29 is 29.0 Å². The van der Waals surface area contributed by atoms with Crippen LogP contribution in [0.1, 0.15) is 5.56 Å². The van der Waals surface area contributed by atoms with Crippen LogP contribution in [0.15, 0.2) is 58.6 Å². The molecule has 0 atom stereocenters. The first-order chi connectivity index (χ1) is 13.4. The van der Waals surface area contributed by atoms with Crippen LogP contribution in [0.5, 0.6) is 5.75 Å². The monoisotopic (exact) mass is 444 g/mol. The van der Waals surface area contributed by atoms with Gasteiger partial charge in [-0.15, -0.1) is 0 Å². The summed E-state index contributed by atoms with van der Waals surface area (Å²) in [7, 11) is 0. The molecule has 28 heavy (non-hydrogen) atoms. The second-order valence-electron chi connectivity index (χ2n) is 5.67. The smallest absolute Gasteiger partial charge is 0.341 e. The maximum Gasteiger partial charge on any atom is 0.341 e. The SMILES string of the molecule is O=C(O)COc1ccc(C=C2C(=O)NC(=O)N(c3ccccc3)C2=O)cc1Br. The zero-order valence-corrected chi connectivity index (χ0v) is 15.8. The van der Waals surface area contributed by atoms with Crippen molar-refractivity contribution in [1.82, 2.24) is 5.32 Å². The molecule has 0 radical (unpaired) electrons. The number of imide groups is 2. The Hall–Kier alpha value is -3.46. The second kappa shape index (κ2) is 8.05. The van der Waals surface area contributed by atoms with Gasteiger partial charge in [0.2, 0.25) is 0 Å². The first-order valence-corrected chi connectivity index (χ1v) is 8.77. The minimum absolute atomic E-state index is 0.213. The van der Waals surface area contributed by atoms with Gasteiger partial charge in [-0.05, 0) is 51.8 Å². The first-order valence-electron chi connectivity index (χ1n) is 7.97. The Morgan fingerprint density at radius 3 is 2.50 bits per heavy atom. The molecular weight excluding hydrogens is 432 g/mol. The number of aliphatic carboxylic acids is 1. The summed E-state index contributed by atoms with van der Waals surface area (Å²) < 4.78 is 5.56. The molecule has 1 aliphatic heterocycles. The molecule has 4 amide bonds. The number of amides is 4. The second-order valence-corrected chi connectivity index (χ2v) is 6.52. The average Bonchev–Trinajstić information content (AvgIpc) is 2.65. The summed E-state index contributed by atoms with van der Waals surface area (Å²) in [6, 6.07) is 12.0. The van der Waals surface area contributed by atoms with E-state index in [4.69, 9.17) is 9.84 Å². The third-order valence-electron chi connectivity index (χ3n) is 3.73. The molecule has 142 valence electrons. The van der Waals surface area contributed by atoms with Crippen LogP contribution in [0.4, 0.5) is 10.5 Å². The van der Waals surface area contributed by atoms with E-state index in [-0.39, 0.29) is 5.57 Å². The van der Waals surface area contributed by atoms with Gasteiger partial charge in [0.1, 0.15) is 11.3 Å². The van der Waals surface area contributed by atoms with Crippen molar-refractivity contribution in [2.75, 3.05) is 11.5 Å². The standard InChI is InChI=1S/C19H13BrN2O6/c20-14-9-11(6-7-15(14)28-10-16(23)24)8-13-17(25)21-19(27)22(18(13)26)12-4-2-1-3-5-12/h1-9H,10H2,(H,23,24)(H,21,25,27). The van der Waals surface area contributed by atoms with Gasteiger partial charge in [0.15, 0.2) is 6.61 Å². The molecular formula is C19H13BrN2O6. The van der Waals surface area contributed by atoms with Gasteiger partial charge in [-0.1, -0.05) is 24.3 Å². The lowest BCUT2D eigenvalue weighted by Gasteiger charge is -2.26. The van der Waals surface area contributed by atoms with Gasteiger partial charge in [-0.2, -0.15) is 0 Å². The van der Waals surface area contributed by atoms with E-state index < -0.39 is 30.4 Å². The van der Waals surface area contributed by atoms with Crippen molar-refractivity contribution in [1.29, 1.82) is 0 Å². The lowest BCUT2D eigenvalue weighted by atomic mass is 10.1. The summed E-state index contributed by atoms with van der Waals surface area (Å²) in [6.45, 7) is -0.506. The minimum Gasteiger partial charge on any atom is -0.481 e. The summed E-state index contributed by atoms with van der Waals surface area (Å²) in [6.07, 6.45) is 1.34. The van der Waals surface area contributed by atoms with Crippen molar-refractivity contribution in [3.05, 3.63) is 64.1 Å². The first kappa shape index (κ1) is 19.3. The number of halogens is 1. The Morgan fingerprint density at radius 2 is 1.86 bits per heavy atom. The van der Waals surface area contributed by atoms with Crippen LogP contribution in [0.25, 0.3) is 6.08 Å². The Balaban J connectivity index is 1.91. The fourth-order valence-corrected chi connectivity index (χ4v) is 3.01. The number of hydrogen-bond donors (Lipinski definition) is 2. The maximum atomic E-state index is 12.8. The zero-order valence-electron chi connectivity index (χ0n) is 14.2. The van der Waals surface area contributed by atoms with Crippen LogP contribution in [-0.4, -0.2) is 35.5 Å². The molecule has 9 heteroatoms. The normalized spacial score (nSPS) is 15.5. The number of carboxylic acid groups (broad SMARTS) is 1. The molecule has 1 saturated heterocycles. The van der Waals surface area contributed by atoms with E-state index >= 15 is 0 Å².